The Hall–Kier alpha value is 0.0900. The molecule has 1 atom stereocenters. The molecule has 0 saturated carbocycles. The number of rotatable bonds is 6. The van der Waals surface area contributed by atoms with Crippen molar-refractivity contribution in [3.05, 3.63) is 54.2 Å². The van der Waals surface area contributed by atoms with Gasteiger partial charge in [0.1, 0.15) is 0 Å². The van der Waals surface area contributed by atoms with Gasteiger partial charge in [0, 0.05) is 25.4 Å². The first-order valence-corrected chi connectivity index (χ1v) is 9.16. The average molecular weight is 450 g/mol. The monoisotopic (exact) mass is 449 g/mol. The van der Waals surface area contributed by atoms with Crippen molar-refractivity contribution in [3.63, 3.8) is 0 Å². The molecule has 0 amide bonds. The summed E-state index contributed by atoms with van der Waals surface area (Å²) in [6.07, 6.45) is 2.20. The van der Waals surface area contributed by atoms with E-state index in [4.69, 9.17) is 0 Å². The second-order valence-electron chi connectivity index (χ2n) is 4.45. The molecule has 0 fully saturated rings. The maximum atomic E-state index is 3.65. The van der Waals surface area contributed by atoms with Gasteiger partial charge >= 0.3 is 0 Å². The van der Waals surface area contributed by atoms with Crippen LogP contribution in [0.5, 0.6) is 0 Å². The molecule has 1 N–H and O–H groups in total. The molecular formula is C15H17BrINS. The molecule has 2 aromatic rings. The summed E-state index contributed by atoms with van der Waals surface area (Å²) in [6, 6.07) is 11.4. The SMILES string of the molecule is CCCNC(Cc1sccc1Br)c1ccc(I)cc1. The van der Waals surface area contributed by atoms with Crippen molar-refractivity contribution in [2.24, 2.45) is 0 Å². The highest BCUT2D eigenvalue weighted by Gasteiger charge is 2.14. The molecule has 0 aliphatic rings. The van der Waals surface area contributed by atoms with Gasteiger partial charge in [0.2, 0.25) is 0 Å². The zero-order chi connectivity index (χ0) is 13.7. The summed E-state index contributed by atoms with van der Waals surface area (Å²) in [6.45, 7) is 3.26. The molecule has 1 nitrogen and oxygen atoms in total. The fourth-order valence-corrected chi connectivity index (χ4v) is 3.90. The van der Waals surface area contributed by atoms with Crippen LogP contribution in [0.2, 0.25) is 0 Å². The van der Waals surface area contributed by atoms with Crippen LogP contribution in [0, 0.1) is 3.57 Å². The third-order valence-electron chi connectivity index (χ3n) is 2.99. The van der Waals surface area contributed by atoms with Crippen molar-refractivity contribution in [1.29, 1.82) is 0 Å². The summed E-state index contributed by atoms with van der Waals surface area (Å²) in [5, 5.41) is 5.80. The van der Waals surface area contributed by atoms with Crippen LogP contribution in [-0.4, -0.2) is 6.54 Å². The van der Waals surface area contributed by atoms with Gasteiger partial charge in [-0.05, 0) is 80.6 Å². The lowest BCUT2D eigenvalue weighted by Gasteiger charge is -2.19. The highest BCUT2D eigenvalue weighted by Crippen LogP contribution is 2.28. The van der Waals surface area contributed by atoms with E-state index in [-0.39, 0.29) is 0 Å². The van der Waals surface area contributed by atoms with Crippen LogP contribution in [0.25, 0.3) is 0 Å². The van der Waals surface area contributed by atoms with Crippen molar-refractivity contribution in [3.8, 4) is 0 Å². The molecule has 1 heterocycles. The van der Waals surface area contributed by atoms with Crippen LogP contribution in [-0.2, 0) is 6.42 Å². The van der Waals surface area contributed by atoms with Crippen molar-refractivity contribution >= 4 is 49.9 Å². The first-order chi connectivity index (χ1) is 9.20. The number of halogens is 2. The Morgan fingerprint density at radius 2 is 2.00 bits per heavy atom. The van der Waals surface area contributed by atoms with Crippen LogP contribution in [0.3, 0.4) is 0 Å². The molecule has 19 heavy (non-hydrogen) atoms. The summed E-state index contributed by atoms with van der Waals surface area (Å²) in [7, 11) is 0. The third-order valence-corrected chi connectivity index (χ3v) is 5.66. The van der Waals surface area contributed by atoms with Gasteiger partial charge in [-0.2, -0.15) is 0 Å². The lowest BCUT2D eigenvalue weighted by Crippen LogP contribution is -2.23. The van der Waals surface area contributed by atoms with Crippen LogP contribution in [0.15, 0.2) is 40.2 Å². The Labute approximate surface area is 141 Å². The van der Waals surface area contributed by atoms with E-state index in [0.29, 0.717) is 6.04 Å². The molecule has 1 aromatic heterocycles. The van der Waals surface area contributed by atoms with E-state index in [1.807, 2.05) is 11.3 Å². The van der Waals surface area contributed by atoms with Crippen LogP contribution in [0.4, 0.5) is 0 Å². The fraction of sp³-hybridized carbons (Fsp3) is 0.333. The third kappa shape index (κ3) is 4.55. The summed E-state index contributed by atoms with van der Waals surface area (Å²) in [5.41, 5.74) is 1.37. The lowest BCUT2D eigenvalue weighted by atomic mass is 10.0. The quantitative estimate of drug-likeness (QED) is 0.582. The zero-order valence-corrected chi connectivity index (χ0v) is 15.4. The maximum Gasteiger partial charge on any atom is 0.0369 e. The Morgan fingerprint density at radius 3 is 2.58 bits per heavy atom. The van der Waals surface area contributed by atoms with Crippen molar-refractivity contribution in [1.82, 2.24) is 5.32 Å². The molecule has 2 rings (SSSR count). The molecule has 0 bridgehead atoms. The Kier molecular flexibility index (Phi) is 6.32. The van der Waals surface area contributed by atoms with Gasteiger partial charge in [-0.25, -0.2) is 0 Å². The number of benzene rings is 1. The smallest absolute Gasteiger partial charge is 0.0369 e. The molecule has 102 valence electrons. The normalized spacial score (nSPS) is 12.6. The highest BCUT2D eigenvalue weighted by atomic mass is 127. The van der Waals surface area contributed by atoms with E-state index < -0.39 is 0 Å². The molecule has 0 aliphatic carbocycles. The Morgan fingerprint density at radius 1 is 1.26 bits per heavy atom. The highest BCUT2D eigenvalue weighted by molar-refractivity contribution is 14.1. The van der Waals surface area contributed by atoms with Crippen LogP contribution >= 0.6 is 49.9 Å². The minimum Gasteiger partial charge on any atom is -0.310 e. The number of hydrogen-bond acceptors (Lipinski definition) is 2. The number of thiophene rings is 1. The molecule has 0 saturated heterocycles. The van der Waals surface area contributed by atoms with Crippen molar-refractivity contribution in [2.75, 3.05) is 6.54 Å². The van der Waals surface area contributed by atoms with E-state index in [9.17, 15) is 0 Å². The molecule has 4 heteroatoms. The van der Waals surface area contributed by atoms with E-state index in [2.05, 4.69) is 86.5 Å². The topological polar surface area (TPSA) is 12.0 Å². The van der Waals surface area contributed by atoms with Crippen molar-refractivity contribution < 1.29 is 0 Å². The largest absolute Gasteiger partial charge is 0.310 e. The van der Waals surface area contributed by atoms with Crippen LogP contribution in [0.1, 0.15) is 29.8 Å². The van der Waals surface area contributed by atoms with Gasteiger partial charge in [0.25, 0.3) is 0 Å². The maximum absolute atomic E-state index is 3.65. The minimum absolute atomic E-state index is 0.395. The summed E-state index contributed by atoms with van der Waals surface area (Å²) >= 11 is 7.80. The molecule has 1 unspecified atom stereocenters. The Balaban J connectivity index is 2.15. The van der Waals surface area contributed by atoms with E-state index >= 15 is 0 Å². The average Bonchev–Trinajstić information content (AvgIpc) is 2.81. The second kappa shape index (κ2) is 7.76. The Bertz CT molecular complexity index is 509. The van der Waals surface area contributed by atoms with Crippen LogP contribution < -0.4 is 5.32 Å². The van der Waals surface area contributed by atoms with E-state index in [1.54, 1.807) is 0 Å². The van der Waals surface area contributed by atoms with Gasteiger partial charge in [0.05, 0.1) is 0 Å². The zero-order valence-electron chi connectivity index (χ0n) is 10.8. The van der Waals surface area contributed by atoms with Gasteiger partial charge in [-0.15, -0.1) is 11.3 Å². The van der Waals surface area contributed by atoms with Gasteiger partial charge in [0.15, 0.2) is 0 Å². The summed E-state index contributed by atoms with van der Waals surface area (Å²) < 4.78 is 2.51. The predicted molar refractivity (Wildman–Crippen MR) is 95.9 cm³/mol. The fourth-order valence-electron chi connectivity index (χ4n) is 1.98. The first-order valence-electron chi connectivity index (χ1n) is 6.41. The predicted octanol–water partition coefficient (Wildman–Crippen LogP) is 5.40. The van der Waals surface area contributed by atoms with Gasteiger partial charge in [-0.3, -0.25) is 0 Å². The molecular weight excluding hydrogens is 433 g/mol. The number of nitrogens with one attached hydrogen (secondary N) is 1. The summed E-state index contributed by atoms with van der Waals surface area (Å²) in [5.74, 6) is 0. The minimum atomic E-state index is 0.395. The lowest BCUT2D eigenvalue weighted by molar-refractivity contribution is 0.531. The van der Waals surface area contributed by atoms with Gasteiger partial charge in [-0.1, -0.05) is 19.1 Å². The number of hydrogen-bond donors (Lipinski definition) is 1. The molecule has 0 aliphatic heterocycles. The molecule has 0 spiro atoms. The molecule has 1 aromatic carbocycles. The first kappa shape index (κ1) is 15.5. The second-order valence-corrected chi connectivity index (χ2v) is 7.55. The van der Waals surface area contributed by atoms with E-state index in [1.165, 1.54) is 18.5 Å². The standard InChI is InChI=1S/C15H17BrINS/c1-2-8-18-14(10-15-13(16)7-9-19-15)11-3-5-12(17)6-4-11/h3-7,9,14,18H,2,8,10H2,1H3. The van der Waals surface area contributed by atoms with Gasteiger partial charge < -0.3 is 5.32 Å². The molecule has 0 radical (unpaired) electrons. The van der Waals surface area contributed by atoms with E-state index in [0.717, 1.165) is 19.4 Å². The van der Waals surface area contributed by atoms with Crippen molar-refractivity contribution in [2.45, 2.75) is 25.8 Å². The summed E-state index contributed by atoms with van der Waals surface area (Å²) in [4.78, 5) is 1.41.